The summed E-state index contributed by atoms with van der Waals surface area (Å²) in [6.45, 7) is 0.504. The molecule has 0 bridgehead atoms. The van der Waals surface area contributed by atoms with Crippen molar-refractivity contribution in [1.82, 2.24) is 5.43 Å². The van der Waals surface area contributed by atoms with Crippen LogP contribution in [0.5, 0.6) is 5.75 Å². The monoisotopic (exact) mass is 401 g/mol. The molecular formula is C23H19N3O2S. The normalized spacial score (nSPS) is 19.8. The molecule has 0 saturated heterocycles. The molecule has 1 unspecified atom stereocenters. The third-order valence-electron chi connectivity index (χ3n) is 5.19. The van der Waals surface area contributed by atoms with Gasteiger partial charge in [-0.3, -0.25) is 10.2 Å². The average Bonchev–Trinajstić information content (AvgIpc) is 3.32. The largest absolute Gasteiger partial charge is 0.497 e. The van der Waals surface area contributed by atoms with Gasteiger partial charge in [-0.25, -0.2) is 0 Å². The number of thioether (sulfide) groups is 1. The van der Waals surface area contributed by atoms with Gasteiger partial charge in [0.05, 0.1) is 19.3 Å². The fraction of sp³-hybridized carbons (Fsp3) is 0.130. The Hall–Kier alpha value is -3.25. The van der Waals surface area contributed by atoms with Crippen molar-refractivity contribution in [3.05, 3.63) is 95.6 Å². The average molecular weight is 401 g/mol. The van der Waals surface area contributed by atoms with Gasteiger partial charge in [0.2, 0.25) is 4.87 Å². The van der Waals surface area contributed by atoms with E-state index in [1.165, 1.54) is 11.8 Å². The lowest BCUT2D eigenvalue weighted by Gasteiger charge is -2.23. The Labute approximate surface area is 173 Å². The van der Waals surface area contributed by atoms with E-state index in [9.17, 15) is 4.79 Å². The molecule has 29 heavy (non-hydrogen) atoms. The van der Waals surface area contributed by atoms with E-state index in [0.717, 1.165) is 27.4 Å². The highest BCUT2D eigenvalue weighted by Crippen LogP contribution is 2.51. The number of carbonyl (C=O) groups excluding carboxylic acids is 1. The SMILES string of the molecule is COc1ccc2c(c1)C1(NN=C(c3ccccc3)S1)C(=O)N2Cc1ccccc1. The van der Waals surface area contributed by atoms with Gasteiger partial charge in [0.25, 0.3) is 5.91 Å². The molecule has 1 spiro atoms. The third-order valence-corrected chi connectivity index (χ3v) is 6.50. The number of carbonyl (C=O) groups is 1. The molecule has 1 N–H and O–H groups in total. The molecule has 0 saturated carbocycles. The fourth-order valence-corrected chi connectivity index (χ4v) is 4.93. The van der Waals surface area contributed by atoms with E-state index in [4.69, 9.17) is 4.74 Å². The van der Waals surface area contributed by atoms with Crippen LogP contribution in [0.1, 0.15) is 16.7 Å². The van der Waals surface area contributed by atoms with Gasteiger partial charge in [0, 0.05) is 11.1 Å². The zero-order chi connectivity index (χ0) is 19.8. The number of hydrogen-bond acceptors (Lipinski definition) is 5. The number of anilines is 1. The minimum Gasteiger partial charge on any atom is -0.497 e. The highest BCUT2D eigenvalue weighted by atomic mass is 32.2. The zero-order valence-corrected chi connectivity index (χ0v) is 16.6. The molecule has 0 aromatic heterocycles. The highest BCUT2D eigenvalue weighted by molar-refractivity contribution is 8.16. The van der Waals surface area contributed by atoms with Crippen LogP contribution in [0.15, 0.2) is 84.0 Å². The number of ether oxygens (including phenoxy) is 1. The van der Waals surface area contributed by atoms with Crippen LogP contribution in [0.4, 0.5) is 5.69 Å². The quantitative estimate of drug-likeness (QED) is 0.715. The first-order chi connectivity index (χ1) is 14.2. The van der Waals surface area contributed by atoms with E-state index in [2.05, 4.69) is 10.5 Å². The van der Waals surface area contributed by atoms with Gasteiger partial charge in [0.15, 0.2) is 0 Å². The van der Waals surface area contributed by atoms with E-state index in [1.54, 1.807) is 7.11 Å². The lowest BCUT2D eigenvalue weighted by atomic mass is 10.1. The topological polar surface area (TPSA) is 53.9 Å². The first kappa shape index (κ1) is 17.8. The third kappa shape index (κ3) is 2.87. The zero-order valence-electron chi connectivity index (χ0n) is 15.8. The maximum Gasteiger partial charge on any atom is 0.270 e. The molecule has 3 aromatic carbocycles. The molecule has 6 heteroatoms. The fourth-order valence-electron chi connectivity index (χ4n) is 3.73. The second-order valence-electron chi connectivity index (χ2n) is 6.94. The summed E-state index contributed by atoms with van der Waals surface area (Å²) in [5.41, 5.74) is 6.97. The van der Waals surface area contributed by atoms with E-state index < -0.39 is 4.87 Å². The van der Waals surface area contributed by atoms with Crippen LogP contribution < -0.4 is 15.1 Å². The van der Waals surface area contributed by atoms with Gasteiger partial charge in [0.1, 0.15) is 10.8 Å². The number of nitrogens with one attached hydrogen (secondary N) is 1. The Morgan fingerprint density at radius 1 is 1.03 bits per heavy atom. The molecule has 2 aliphatic rings. The maximum absolute atomic E-state index is 13.7. The van der Waals surface area contributed by atoms with Gasteiger partial charge in [-0.15, -0.1) is 0 Å². The Morgan fingerprint density at radius 2 is 1.76 bits per heavy atom. The minimum atomic E-state index is -0.982. The Balaban J connectivity index is 1.56. The number of benzene rings is 3. The molecule has 0 radical (unpaired) electrons. The van der Waals surface area contributed by atoms with Crippen LogP contribution >= 0.6 is 11.8 Å². The molecule has 0 aliphatic carbocycles. The van der Waals surface area contributed by atoms with Crippen LogP contribution in [-0.4, -0.2) is 18.1 Å². The number of amides is 1. The van der Waals surface area contributed by atoms with Crippen molar-refractivity contribution < 1.29 is 9.53 Å². The van der Waals surface area contributed by atoms with E-state index in [1.807, 2.05) is 83.8 Å². The van der Waals surface area contributed by atoms with E-state index in [-0.39, 0.29) is 5.91 Å². The molecule has 3 aromatic rings. The van der Waals surface area contributed by atoms with Gasteiger partial charge in [-0.1, -0.05) is 72.4 Å². The Morgan fingerprint density at radius 3 is 2.48 bits per heavy atom. The molecule has 144 valence electrons. The predicted octanol–water partition coefficient (Wildman–Crippen LogP) is 4.09. The second-order valence-corrected chi connectivity index (χ2v) is 8.14. The van der Waals surface area contributed by atoms with Crippen molar-refractivity contribution in [2.75, 3.05) is 12.0 Å². The first-order valence-electron chi connectivity index (χ1n) is 9.35. The summed E-state index contributed by atoms with van der Waals surface area (Å²) in [6, 6.07) is 25.7. The lowest BCUT2D eigenvalue weighted by molar-refractivity contribution is -0.121. The first-order valence-corrected chi connectivity index (χ1v) is 10.2. The summed E-state index contributed by atoms with van der Waals surface area (Å²) in [5, 5.41) is 5.33. The number of hydrazone groups is 1. The van der Waals surface area contributed by atoms with Crippen LogP contribution in [-0.2, 0) is 16.2 Å². The molecule has 2 heterocycles. The van der Waals surface area contributed by atoms with E-state index >= 15 is 0 Å². The van der Waals surface area contributed by atoms with Crippen LogP contribution in [0.3, 0.4) is 0 Å². The molecule has 5 rings (SSSR count). The maximum atomic E-state index is 13.7. The highest BCUT2D eigenvalue weighted by Gasteiger charge is 2.55. The molecule has 1 amide bonds. The summed E-state index contributed by atoms with van der Waals surface area (Å²) in [7, 11) is 1.63. The standard InChI is InChI=1S/C23H19N3O2S/c1-28-18-12-13-20-19(14-18)23(22(27)26(20)15-16-8-4-2-5-9-16)25-24-21(29-23)17-10-6-3-7-11-17/h2-14,25H,15H2,1H3. The van der Waals surface area contributed by atoms with Gasteiger partial charge < -0.3 is 9.64 Å². The molecule has 1 atom stereocenters. The number of hydrogen-bond donors (Lipinski definition) is 1. The van der Waals surface area contributed by atoms with Gasteiger partial charge >= 0.3 is 0 Å². The van der Waals surface area contributed by atoms with Crippen molar-refractivity contribution in [3.63, 3.8) is 0 Å². The summed E-state index contributed by atoms with van der Waals surface area (Å²) in [5.74, 6) is 0.692. The molecule has 5 nitrogen and oxygen atoms in total. The van der Waals surface area contributed by atoms with Crippen LogP contribution in [0, 0.1) is 0 Å². The van der Waals surface area contributed by atoms with Crippen LogP contribution in [0.25, 0.3) is 0 Å². The number of nitrogens with zero attached hydrogens (tertiary/aromatic N) is 2. The molecular weight excluding hydrogens is 382 g/mol. The van der Waals surface area contributed by atoms with Crippen molar-refractivity contribution in [2.45, 2.75) is 11.4 Å². The predicted molar refractivity (Wildman–Crippen MR) is 116 cm³/mol. The smallest absolute Gasteiger partial charge is 0.270 e. The summed E-state index contributed by atoms with van der Waals surface area (Å²) >= 11 is 1.45. The number of rotatable bonds is 4. The van der Waals surface area contributed by atoms with Crippen molar-refractivity contribution in [3.8, 4) is 5.75 Å². The van der Waals surface area contributed by atoms with Crippen molar-refractivity contribution in [1.29, 1.82) is 0 Å². The summed E-state index contributed by atoms with van der Waals surface area (Å²) in [6.07, 6.45) is 0. The van der Waals surface area contributed by atoms with Crippen LogP contribution in [0.2, 0.25) is 0 Å². The molecule has 2 aliphatic heterocycles. The number of methoxy groups -OCH3 is 1. The summed E-state index contributed by atoms with van der Waals surface area (Å²) in [4.78, 5) is 14.5. The Kier molecular flexibility index (Phi) is 4.28. The van der Waals surface area contributed by atoms with Crippen molar-refractivity contribution in [2.24, 2.45) is 5.10 Å². The molecule has 0 fully saturated rings. The van der Waals surface area contributed by atoms with E-state index in [0.29, 0.717) is 12.3 Å². The summed E-state index contributed by atoms with van der Waals surface area (Å²) < 4.78 is 5.44. The van der Waals surface area contributed by atoms with Gasteiger partial charge in [-0.2, -0.15) is 5.10 Å². The second kappa shape index (κ2) is 6.97. The van der Waals surface area contributed by atoms with Crippen molar-refractivity contribution >= 4 is 28.4 Å². The Bertz CT molecular complexity index is 1100. The lowest BCUT2D eigenvalue weighted by Crippen LogP contribution is -2.44. The minimum absolute atomic E-state index is 0.0238. The van der Waals surface area contributed by atoms with Gasteiger partial charge in [-0.05, 0) is 23.8 Å². The number of fused-ring (bicyclic) bond motifs is 2.